The first-order chi connectivity index (χ1) is 22.5. The fourth-order valence-corrected chi connectivity index (χ4v) is 5.11. The zero-order valence-electron chi connectivity index (χ0n) is 29.3. The number of cyclic esters (lactones) is 1. The van der Waals surface area contributed by atoms with Crippen molar-refractivity contribution in [3.63, 3.8) is 0 Å². The van der Waals surface area contributed by atoms with Crippen LogP contribution in [-0.4, -0.2) is 64.7 Å². The number of methoxy groups -OCH3 is 2. The lowest BCUT2D eigenvalue weighted by Gasteiger charge is -2.25. The predicted molar refractivity (Wildman–Crippen MR) is 186 cm³/mol. The lowest BCUT2D eigenvalue weighted by atomic mass is 9.97. The van der Waals surface area contributed by atoms with Crippen molar-refractivity contribution in [3.8, 4) is 22.6 Å². The van der Waals surface area contributed by atoms with Gasteiger partial charge in [0, 0.05) is 26.1 Å². The molecule has 0 aliphatic carbocycles. The molecule has 0 aromatic heterocycles. The number of benzene rings is 3. The number of rotatable bonds is 13. The van der Waals surface area contributed by atoms with Gasteiger partial charge in [-0.05, 0) is 86.9 Å². The van der Waals surface area contributed by atoms with Crippen LogP contribution in [0.5, 0.6) is 11.5 Å². The normalized spacial score (nSPS) is 16.1. The SMILES string of the molecule is CC.CCOc1cc(C)cc(COC)c1-c1ccc(F)cc1.CNCCC1(C)CN(c2ccc(C(N)N(C)NN)cc2OC)C(=O)O1. The number of amides is 1. The van der Waals surface area contributed by atoms with Gasteiger partial charge in [0.05, 0.1) is 38.7 Å². The summed E-state index contributed by atoms with van der Waals surface area (Å²) in [6.45, 7) is 12.2. The van der Waals surface area contributed by atoms with E-state index in [1.165, 1.54) is 12.1 Å². The second-order valence-electron chi connectivity index (χ2n) is 11.0. The summed E-state index contributed by atoms with van der Waals surface area (Å²) in [5.74, 6) is 6.51. The van der Waals surface area contributed by atoms with Crippen LogP contribution in [0.25, 0.3) is 11.1 Å². The van der Waals surface area contributed by atoms with E-state index in [1.54, 1.807) is 49.4 Å². The molecule has 3 aromatic rings. The number of anilines is 1. The van der Waals surface area contributed by atoms with Crippen molar-refractivity contribution in [2.24, 2.45) is 11.6 Å². The average Bonchev–Trinajstić information content (AvgIpc) is 3.38. The Bertz CT molecular complexity index is 1380. The van der Waals surface area contributed by atoms with E-state index in [0.29, 0.717) is 31.2 Å². The standard InChI is InChI=1S/C17H19FO2.C16H28N6O3.C2H6/c1-4-20-16-10-12(2)9-14(11-19-3)17(16)13-5-7-15(18)8-6-13;1-16(7-8-19-2)10-22(15(23)25-16)12-6-5-11(9-13(12)24-4)14(17)21(3)20-18;1-2/h5-10H,4,11H2,1-3H3;5-6,9,14,19-20H,7-8,10,17-18H2,1-4H3;1-2H3. The van der Waals surface area contributed by atoms with E-state index in [1.807, 2.05) is 59.9 Å². The minimum atomic E-state index is -0.538. The van der Waals surface area contributed by atoms with Crippen molar-refractivity contribution < 1.29 is 28.1 Å². The highest BCUT2D eigenvalue weighted by Crippen LogP contribution is 2.37. The van der Waals surface area contributed by atoms with Crippen LogP contribution in [-0.2, 0) is 16.1 Å². The maximum absolute atomic E-state index is 13.1. The lowest BCUT2D eigenvalue weighted by molar-refractivity contribution is 0.0657. The van der Waals surface area contributed by atoms with Crippen LogP contribution < -0.4 is 36.8 Å². The Hall–Kier alpha value is -3.78. The minimum Gasteiger partial charge on any atom is -0.495 e. The summed E-state index contributed by atoms with van der Waals surface area (Å²) >= 11 is 0. The third-order valence-electron chi connectivity index (χ3n) is 7.47. The molecule has 0 spiro atoms. The van der Waals surface area contributed by atoms with Gasteiger partial charge in [-0.25, -0.2) is 14.2 Å². The van der Waals surface area contributed by atoms with Crippen molar-refractivity contribution in [2.45, 2.75) is 59.4 Å². The summed E-state index contributed by atoms with van der Waals surface area (Å²) in [6.07, 6.45) is -0.113. The smallest absolute Gasteiger partial charge is 0.415 e. The Labute approximate surface area is 279 Å². The maximum atomic E-state index is 13.1. The largest absolute Gasteiger partial charge is 0.495 e. The molecule has 0 saturated carbocycles. The molecule has 3 aromatic carbocycles. The summed E-state index contributed by atoms with van der Waals surface area (Å²) < 4.78 is 35.2. The number of halogens is 1. The third-order valence-corrected chi connectivity index (χ3v) is 7.47. The third kappa shape index (κ3) is 10.6. The van der Waals surface area contributed by atoms with Crippen LogP contribution in [0.15, 0.2) is 54.6 Å². The van der Waals surface area contributed by atoms with Crippen LogP contribution >= 0.6 is 0 Å². The first-order valence-corrected chi connectivity index (χ1v) is 15.8. The molecular formula is C35H53FN6O5. The van der Waals surface area contributed by atoms with Gasteiger partial charge in [0.2, 0.25) is 0 Å². The number of carbonyl (C=O) groups excluding carboxylic acids is 1. The molecule has 1 fully saturated rings. The van der Waals surface area contributed by atoms with E-state index in [4.69, 9.17) is 30.5 Å². The average molecular weight is 657 g/mol. The van der Waals surface area contributed by atoms with Crippen LogP contribution in [0.4, 0.5) is 14.9 Å². The molecular weight excluding hydrogens is 603 g/mol. The van der Waals surface area contributed by atoms with E-state index in [-0.39, 0.29) is 11.9 Å². The van der Waals surface area contributed by atoms with E-state index >= 15 is 0 Å². The highest BCUT2D eigenvalue weighted by atomic mass is 19.1. The summed E-state index contributed by atoms with van der Waals surface area (Å²) in [7, 11) is 6.82. The molecule has 1 aliphatic heterocycles. The van der Waals surface area contributed by atoms with Crippen LogP contribution in [0.1, 0.15) is 57.0 Å². The molecule has 6 N–H and O–H groups in total. The summed E-state index contributed by atoms with van der Waals surface area (Å²) in [5, 5.41) is 4.64. The number of hydrazine groups is 2. The number of hydrogen-bond donors (Lipinski definition) is 4. The topological polar surface area (TPSA) is 137 Å². The molecule has 4 rings (SSSR count). The Morgan fingerprint density at radius 2 is 1.79 bits per heavy atom. The number of ether oxygens (including phenoxy) is 4. The molecule has 0 radical (unpaired) electrons. The molecule has 11 nitrogen and oxygen atoms in total. The fraction of sp³-hybridized carbons (Fsp3) is 0.457. The number of nitrogens with zero attached hydrogens (tertiary/aromatic N) is 2. The van der Waals surface area contributed by atoms with Gasteiger partial charge in [-0.2, -0.15) is 5.53 Å². The van der Waals surface area contributed by atoms with Gasteiger partial charge >= 0.3 is 6.09 Å². The Morgan fingerprint density at radius 1 is 1.11 bits per heavy atom. The van der Waals surface area contributed by atoms with Crippen molar-refractivity contribution in [1.29, 1.82) is 0 Å². The molecule has 1 heterocycles. The zero-order chi connectivity index (χ0) is 35.1. The Kier molecular flexibility index (Phi) is 16.0. The minimum absolute atomic E-state index is 0.243. The molecule has 12 heteroatoms. The molecule has 47 heavy (non-hydrogen) atoms. The van der Waals surface area contributed by atoms with E-state index < -0.39 is 11.8 Å². The lowest BCUT2D eigenvalue weighted by Crippen LogP contribution is -2.45. The van der Waals surface area contributed by atoms with Gasteiger partial charge in [0.25, 0.3) is 0 Å². The number of nitrogens with two attached hydrogens (primary N) is 2. The van der Waals surface area contributed by atoms with Crippen LogP contribution in [0.3, 0.4) is 0 Å². The van der Waals surface area contributed by atoms with Crippen molar-refractivity contribution in [3.05, 3.63) is 77.1 Å². The quantitative estimate of drug-likeness (QED) is 0.104. The highest BCUT2D eigenvalue weighted by molar-refractivity contribution is 5.92. The van der Waals surface area contributed by atoms with Gasteiger partial charge < -0.3 is 30.0 Å². The molecule has 260 valence electrons. The first-order valence-electron chi connectivity index (χ1n) is 15.8. The van der Waals surface area contributed by atoms with Gasteiger partial charge in [-0.1, -0.05) is 38.1 Å². The van der Waals surface area contributed by atoms with E-state index in [9.17, 15) is 9.18 Å². The molecule has 1 aliphatic rings. The van der Waals surface area contributed by atoms with Gasteiger partial charge in [0.15, 0.2) is 0 Å². The Balaban J connectivity index is 0.000000317. The number of nitrogens with one attached hydrogen (secondary N) is 2. The molecule has 1 amide bonds. The van der Waals surface area contributed by atoms with Crippen LogP contribution in [0.2, 0.25) is 0 Å². The van der Waals surface area contributed by atoms with E-state index in [2.05, 4.69) is 16.9 Å². The van der Waals surface area contributed by atoms with Crippen molar-refractivity contribution >= 4 is 11.8 Å². The van der Waals surface area contributed by atoms with Gasteiger partial charge in [-0.3, -0.25) is 10.7 Å². The fourth-order valence-electron chi connectivity index (χ4n) is 5.11. The summed E-state index contributed by atoms with van der Waals surface area (Å²) in [4.78, 5) is 14.0. The second-order valence-corrected chi connectivity index (χ2v) is 11.0. The first kappa shape index (κ1) is 39.4. The highest BCUT2D eigenvalue weighted by Gasteiger charge is 2.42. The summed E-state index contributed by atoms with van der Waals surface area (Å²) in [6, 6.07) is 16.0. The van der Waals surface area contributed by atoms with Gasteiger partial charge in [-0.15, -0.1) is 0 Å². The van der Waals surface area contributed by atoms with Gasteiger partial charge in [0.1, 0.15) is 22.9 Å². The van der Waals surface area contributed by atoms with Crippen molar-refractivity contribution in [2.75, 3.05) is 52.9 Å². The number of carbonyl (C=O) groups is 1. The Morgan fingerprint density at radius 3 is 2.36 bits per heavy atom. The molecule has 2 atom stereocenters. The molecule has 1 saturated heterocycles. The molecule has 2 unspecified atom stereocenters. The zero-order valence-corrected chi connectivity index (χ0v) is 29.3. The summed E-state index contributed by atoms with van der Waals surface area (Å²) in [5.41, 5.74) is 13.6. The maximum Gasteiger partial charge on any atom is 0.415 e. The number of aryl methyl sites for hydroxylation is 1. The predicted octanol–water partition coefficient (Wildman–Crippen LogP) is 5.66. The monoisotopic (exact) mass is 656 g/mol. The number of hydrogen-bond acceptors (Lipinski definition) is 10. The van der Waals surface area contributed by atoms with Crippen LogP contribution in [0, 0.1) is 12.7 Å². The van der Waals surface area contributed by atoms with Crippen molar-refractivity contribution in [1.82, 2.24) is 15.9 Å². The van der Waals surface area contributed by atoms with E-state index in [0.717, 1.165) is 46.5 Å². The second kappa shape index (κ2) is 19.1. The molecule has 0 bridgehead atoms.